The topological polar surface area (TPSA) is 37.5 Å². The quantitative estimate of drug-likeness (QED) is 0.755. The number of aromatic nitrogens is 2. The molecule has 1 N–H and O–H groups in total. The number of halogens is 1. The van der Waals surface area contributed by atoms with Gasteiger partial charge < -0.3 is 9.51 Å². The second-order valence-corrected chi connectivity index (χ2v) is 3.39. The number of rotatable bonds is 1. The van der Waals surface area contributed by atoms with Gasteiger partial charge in [-0.2, -0.15) is 0 Å². The zero-order valence-electron chi connectivity index (χ0n) is 7.16. The summed E-state index contributed by atoms with van der Waals surface area (Å²) in [7, 11) is 0. The van der Waals surface area contributed by atoms with Crippen LogP contribution < -0.4 is 0 Å². The van der Waals surface area contributed by atoms with Crippen molar-refractivity contribution >= 4 is 17.2 Å². The maximum Gasteiger partial charge on any atom is 0.155 e. The van der Waals surface area contributed by atoms with E-state index in [1.165, 1.54) is 0 Å². The number of hydrogen-bond donors (Lipinski definition) is 1. The predicted molar refractivity (Wildman–Crippen MR) is 50.9 cm³/mol. The Morgan fingerprint density at radius 2 is 2.31 bits per heavy atom. The van der Waals surface area contributed by atoms with Crippen molar-refractivity contribution in [2.75, 3.05) is 0 Å². The third kappa shape index (κ3) is 1.41. The summed E-state index contributed by atoms with van der Waals surface area (Å²) in [6, 6.07) is 1.85. The molecule has 2 rings (SSSR count). The zero-order valence-corrected chi connectivity index (χ0v) is 7.91. The molecule has 0 bridgehead atoms. The monoisotopic (exact) mass is 196 g/mol. The minimum Gasteiger partial charge on any atom is -0.390 e. The van der Waals surface area contributed by atoms with Gasteiger partial charge >= 0.3 is 0 Å². The Morgan fingerprint density at radius 1 is 1.54 bits per heavy atom. The second-order valence-electron chi connectivity index (χ2n) is 2.99. The number of nitrogens with zero attached hydrogens (tertiary/aromatic N) is 2. The molecule has 2 aromatic heterocycles. The largest absolute Gasteiger partial charge is 0.390 e. The van der Waals surface area contributed by atoms with E-state index in [-0.39, 0.29) is 6.61 Å². The summed E-state index contributed by atoms with van der Waals surface area (Å²) in [6.45, 7) is 1.90. The summed E-state index contributed by atoms with van der Waals surface area (Å²) in [5.41, 5.74) is 2.39. The molecule has 0 saturated carbocycles. The Bertz CT molecular complexity index is 450. The number of aliphatic hydroxyl groups is 1. The zero-order chi connectivity index (χ0) is 9.42. The van der Waals surface area contributed by atoms with Gasteiger partial charge in [0.25, 0.3) is 0 Å². The fraction of sp³-hybridized carbons (Fsp3) is 0.222. The molecule has 2 heterocycles. The first-order valence-corrected chi connectivity index (χ1v) is 4.33. The summed E-state index contributed by atoms with van der Waals surface area (Å²) in [5.74, 6) is 0. The lowest BCUT2D eigenvalue weighted by Crippen LogP contribution is -1.85. The lowest BCUT2D eigenvalue weighted by molar-refractivity contribution is 0.277. The van der Waals surface area contributed by atoms with Gasteiger partial charge in [-0.3, -0.25) is 0 Å². The molecule has 0 radical (unpaired) electrons. The number of pyridine rings is 1. The molecular weight excluding hydrogens is 188 g/mol. The van der Waals surface area contributed by atoms with Crippen molar-refractivity contribution in [1.29, 1.82) is 0 Å². The van der Waals surface area contributed by atoms with Crippen LogP contribution in [-0.4, -0.2) is 14.5 Å². The van der Waals surface area contributed by atoms with E-state index in [0.29, 0.717) is 16.4 Å². The number of hydrogen-bond acceptors (Lipinski definition) is 2. The number of aliphatic hydroxyl groups excluding tert-OH is 1. The molecule has 0 aromatic carbocycles. The van der Waals surface area contributed by atoms with E-state index in [4.69, 9.17) is 16.7 Å². The molecule has 0 aliphatic carbocycles. The first-order valence-electron chi connectivity index (χ1n) is 3.95. The predicted octanol–water partition coefficient (Wildman–Crippen LogP) is 1.79. The van der Waals surface area contributed by atoms with Gasteiger partial charge in [0.2, 0.25) is 0 Å². The molecule has 0 saturated heterocycles. The molecular formula is C9H9ClN2O. The molecule has 0 aliphatic rings. The molecule has 13 heavy (non-hydrogen) atoms. The van der Waals surface area contributed by atoms with Crippen LogP contribution in [0.5, 0.6) is 0 Å². The number of fused-ring (bicyclic) bond motifs is 1. The molecule has 0 amide bonds. The highest BCUT2D eigenvalue weighted by molar-refractivity contribution is 6.33. The average molecular weight is 197 g/mol. The van der Waals surface area contributed by atoms with Crippen molar-refractivity contribution in [3.63, 3.8) is 0 Å². The van der Waals surface area contributed by atoms with E-state index in [2.05, 4.69) is 4.98 Å². The van der Waals surface area contributed by atoms with Crippen LogP contribution in [0, 0.1) is 6.92 Å². The van der Waals surface area contributed by atoms with Crippen LogP contribution in [0.15, 0.2) is 18.5 Å². The van der Waals surface area contributed by atoms with Gasteiger partial charge in [-0.05, 0) is 18.6 Å². The highest BCUT2D eigenvalue weighted by Crippen LogP contribution is 2.18. The molecule has 2 aromatic rings. The Kier molecular flexibility index (Phi) is 1.98. The molecule has 0 unspecified atom stereocenters. The van der Waals surface area contributed by atoms with Crippen molar-refractivity contribution in [2.24, 2.45) is 0 Å². The average Bonchev–Trinajstić information content (AvgIpc) is 2.47. The van der Waals surface area contributed by atoms with Crippen LogP contribution in [0.4, 0.5) is 0 Å². The first kappa shape index (κ1) is 8.53. The third-order valence-electron chi connectivity index (χ3n) is 1.85. The molecule has 0 fully saturated rings. The number of aryl methyl sites for hydroxylation is 1. The van der Waals surface area contributed by atoms with Crippen LogP contribution >= 0.6 is 11.6 Å². The van der Waals surface area contributed by atoms with Gasteiger partial charge in [0, 0.05) is 12.4 Å². The van der Waals surface area contributed by atoms with E-state index in [1.807, 2.05) is 23.6 Å². The van der Waals surface area contributed by atoms with E-state index in [0.717, 1.165) is 5.56 Å². The Labute approximate surface area is 80.6 Å². The maximum atomic E-state index is 8.88. The summed E-state index contributed by atoms with van der Waals surface area (Å²) < 4.78 is 1.82. The summed E-state index contributed by atoms with van der Waals surface area (Å²) >= 11 is 5.97. The van der Waals surface area contributed by atoms with E-state index in [1.54, 1.807) is 6.20 Å². The van der Waals surface area contributed by atoms with Crippen molar-refractivity contribution in [3.8, 4) is 0 Å². The van der Waals surface area contributed by atoms with Gasteiger partial charge in [0.15, 0.2) is 5.65 Å². The SMILES string of the molecule is Cc1cc(Cl)c2nc(CO)cn2c1. The van der Waals surface area contributed by atoms with Gasteiger partial charge in [-0.1, -0.05) is 11.6 Å². The molecule has 3 nitrogen and oxygen atoms in total. The fourth-order valence-corrected chi connectivity index (χ4v) is 1.63. The number of imidazole rings is 1. The van der Waals surface area contributed by atoms with Gasteiger partial charge in [-0.25, -0.2) is 4.98 Å². The highest BCUT2D eigenvalue weighted by Gasteiger charge is 2.04. The van der Waals surface area contributed by atoms with E-state index >= 15 is 0 Å². The molecule has 68 valence electrons. The Morgan fingerprint density at radius 3 is 3.00 bits per heavy atom. The highest BCUT2D eigenvalue weighted by atomic mass is 35.5. The van der Waals surface area contributed by atoms with E-state index < -0.39 is 0 Å². The van der Waals surface area contributed by atoms with Crippen LogP contribution in [0.2, 0.25) is 5.02 Å². The lowest BCUT2D eigenvalue weighted by atomic mass is 10.3. The van der Waals surface area contributed by atoms with Crippen LogP contribution in [-0.2, 0) is 6.61 Å². The minimum absolute atomic E-state index is 0.0585. The lowest BCUT2D eigenvalue weighted by Gasteiger charge is -1.97. The summed E-state index contributed by atoms with van der Waals surface area (Å²) in [4.78, 5) is 4.15. The van der Waals surface area contributed by atoms with E-state index in [9.17, 15) is 0 Å². The van der Waals surface area contributed by atoms with Gasteiger partial charge in [0.1, 0.15) is 0 Å². The maximum absolute atomic E-state index is 8.88. The smallest absolute Gasteiger partial charge is 0.155 e. The molecule has 0 spiro atoms. The summed E-state index contributed by atoms with van der Waals surface area (Å²) in [6.07, 6.45) is 3.70. The summed E-state index contributed by atoms with van der Waals surface area (Å²) in [5, 5.41) is 9.49. The third-order valence-corrected chi connectivity index (χ3v) is 2.13. The standard InChI is InChI=1S/C9H9ClN2O/c1-6-2-8(10)9-11-7(5-13)4-12(9)3-6/h2-4,13H,5H2,1H3. The molecule has 4 heteroatoms. The van der Waals surface area contributed by atoms with Crippen molar-refractivity contribution in [1.82, 2.24) is 9.38 Å². The van der Waals surface area contributed by atoms with Crippen LogP contribution in [0.1, 0.15) is 11.3 Å². The second kappa shape index (κ2) is 3.01. The van der Waals surface area contributed by atoms with Crippen molar-refractivity contribution < 1.29 is 5.11 Å². The first-order chi connectivity index (χ1) is 6.20. The minimum atomic E-state index is -0.0585. The van der Waals surface area contributed by atoms with Gasteiger partial charge in [0.05, 0.1) is 17.3 Å². The van der Waals surface area contributed by atoms with Crippen LogP contribution in [0.3, 0.4) is 0 Å². The normalized spacial score (nSPS) is 11.0. The Balaban J connectivity index is 2.75. The Hall–Kier alpha value is -1.06. The van der Waals surface area contributed by atoms with Gasteiger partial charge in [-0.15, -0.1) is 0 Å². The molecule has 0 aliphatic heterocycles. The van der Waals surface area contributed by atoms with Crippen molar-refractivity contribution in [2.45, 2.75) is 13.5 Å². The van der Waals surface area contributed by atoms with Crippen LogP contribution in [0.25, 0.3) is 5.65 Å². The fourth-order valence-electron chi connectivity index (χ4n) is 1.32. The molecule has 0 atom stereocenters. The van der Waals surface area contributed by atoms with Crippen molar-refractivity contribution in [3.05, 3.63) is 34.7 Å².